The molecule has 0 saturated heterocycles. The van der Waals surface area contributed by atoms with Gasteiger partial charge in [-0.3, -0.25) is 0 Å². The van der Waals surface area contributed by atoms with Gasteiger partial charge in [0.05, 0.1) is 6.20 Å². The van der Waals surface area contributed by atoms with E-state index in [4.69, 9.17) is 0 Å². The van der Waals surface area contributed by atoms with Crippen LogP contribution in [0.5, 0.6) is 0 Å². The van der Waals surface area contributed by atoms with E-state index in [1.165, 1.54) is 11.1 Å². The maximum Gasteiger partial charge on any atom is 0.247 e. The summed E-state index contributed by atoms with van der Waals surface area (Å²) < 4.78 is 0. The second kappa shape index (κ2) is 8.08. The van der Waals surface area contributed by atoms with Crippen LogP contribution in [0.25, 0.3) is 0 Å². The van der Waals surface area contributed by atoms with Gasteiger partial charge in [0.25, 0.3) is 0 Å². The first-order chi connectivity index (χ1) is 11.5. The Kier molecular flexibility index (Phi) is 6.12. The van der Waals surface area contributed by atoms with Crippen LogP contribution in [0, 0.1) is 0 Å². The summed E-state index contributed by atoms with van der Waals surface area (Å²) in [5, 5.41) is 11.8. The van der Waals surface area contributed by atoms with Crippen LogP contribution in [0.4, 0.5) is 17.5 Å². The first-order valence-corrected chi connectivity index (χ1v) is 8.82. The van der Waals surface area contributed by atoms with E-state index in [1.54, 1.807) is 6.20 Å². The van der Waals surface area contributed by atoms with Crippen molar-refractivity contribution in [1.82, 2.24) is 15.2 Å². The summed E-state index contributed by atoms with van der Waals surface area (Å²) in [7, 11) is 0. The third-order valence-electron chi connectivity index (χ3n) is 4.22. The van der Waals surface area contributed by atoms with E-state index in [1.807, 2.05) is 0 Å². The summed E-state index contributed by atoms with van der Waals surface area (Å²) in [6, 6.07) is 6.49. The molecule has 0 aliphatic heterocycles. The fraction of sp³-hybridized carbons (Fsp3) is 0.526. The Hall–Kier alpha value is -2.17. The second-order valence-corrected chi connectivity index (χ2v) is 6.56. The standard InChI is InChI=1S/C19H29N5/c1-7-24(8-2)19-22-17(12-20-23-19)21-18-15(13(3)4)10-9-11-16(18)14(5)6/h9-14H,7-8H2,1-6H3,(H,21,22,23). The van der Waals surface area contributed by atoms with Crippen molar-refractivity contribution < 1.29 is 0 Å². The molecule has 0 fully saturated rings. The lowest BCUT2D eigenvalue weighted by Crippen LogP contribution is -2.24. The molecule has 5 heteroatoms. The molecule has 0 atom stereocenters. The second-order valence-electron chi connectivity index (χ2n) is 6.56. The van der Waals surface area contributed by atoms with E-state index >= 15 is 0 Å². The topological polar surface area (TPSA) is 53.9 Å². The predicted molar refractivity (Wildman–Crippen MR) is 101 cm³/mol. The van der Waals surface area contributed by atoms with E-state index in [0.29, 0.717) is 17.8 Å². The third kappa shape index (κ3) is 4.02. The number of aromatic nitrogens is 3. The fourth-order valence-corrected chi connectivity index (χ4v) is 2.82. The zero-order chi connectivity index (χ0) is 17.7. The average Bonchev–Trinajstić information content (AvgIpc) is 2.56. The average molecular weight is 327 g/mol. The molecule has 0 amide bonds. The van der Waals surface area contributed by atoms with Gasteiger partial charge in [0.1, 0.15) is 0 Å². The van der Waals surface area contributed by atoms with E-state index in [2.05, 4.69) is 85.1 Å². The summed E-state index contributed by atoms with van der Waals surface area (Å²) >= 11 is 0. The normalized spacial score (nSPS) is 11.2. The first kappa shape index (κ1) is 18.2. The highest BCUT2D eigenvalue weighted by atomic mass is 15.3. The van der Waals surface area contributed by atoms with Crippen molar-refractivity contribution in [2.24, 2.45) is 0 Å². The number of hydrogen-bond acceptors (Lipinski definition) is 5. The molecule has 130 valence electrons. The van der Waals surface area contributed by atoms with Gasteiger partial charge >= 0.3 is 0 Å². The van der Waals surface area contributed by atoms with E-state index in [9.17, 15) is 0 Å². The van der Waals surface area contributed by atoms with Crippen molar-refractivity contribution in [1.29, 1.82) is 0 Å². The number of nitrogens with one attached hydrogen (secondary N) is 1. The summed E-state index contributed by atoms with van der Waals surface area (Å²) in [6.45, 7) is 14.8. The zero-order valence-corrected chi connectivity index (χ0v) is 15.7. The molecule has 0 bridgehead atoms. The Bertz CT molecular complexity index is 636. The Morgan fingerprint density at radius 3 is 2.08 bits per heavy atom. The van der Waals surface area contributed by atoms with E-state index in [-0.39, 0.29) is 0 Å². The van der Waals surface area contributed by atoms with Crippen molar-refractivity contribution >= 4 is 17.5 Å². The molecule has 1 aromatic heterocycles. The minimum Gasteiger partial charge on any atom is -0.340 e. The Morgan fingerprint density at radius 2 is 1.58 bits per heavy atom. The number of hydrogen-bond donors (Lipinski definition) is 1. The fourth-order valence-electron chi connectivity index (χ4n) is 2.82. The van der Waals surface area contributed by atoms with Gasteiger partial charge in [0, 0.05) is 18.8 Å². The number of benzene rings is 1. The molecular weight excluding hydrogens is 298 g/mol. The van der Waals surface area contributed by atoms with Crippen molar-refractivity contribution in [3.8, 4) is 0 Å². The molecule has 0 aliphatic carbocycles. The quantitative estimate of drug-likeness (QED) is 0.798. The van der Waals surface area contributed by atoms with Crippen LogP contribution < -0.4 is 10.2 Å². The summed E-state index contributed by atoms with van der Waals surface area (Å²) in [6.07, 6.45) is 1.69. The van der Waals surface area contributed by atoms with Gasteiger partial charge in [-0.05, 0) is 36.8 Å². The molecule has 24 heavy (non-hydrogen) atoms. The number of nitrogens with zero attached hydrogens (tertiary/aromatic N) is 4. The van der Waals surface area contributed by atoms with Gasteiger partial charge in [-0.15, -0.1) is 5.10 Å². The Morgan fingerprint density at radius 1 is 1.00 bits per heavy atom. The Labute approximate surface area is 145 Å². The Balaban J connectivity index is 2.42. The minimum atomic E-state index is 0.434. The maximum atomic E-state index is 4.65. The highest BCUT2D eigenvalue weighted by molar-refractivity contribution is 5.66. The van der Waals surface area contributed by atoms with Gasteiger partial charge in [-0.1, -0.05) is 45.9 Å². The van der Waals surface area contributed by atoms with E-state index in [0.717, 1.165) is 24.6 Å². The molecule has 0 spiro atoms. The summed E-state index contributed by atoms with van der Waals surface area (Å²) in [5.74, 6) is 2.27. The lowest BCUT2D eigenvalue weighted by atomic mass is 9.92. The van der Waals surface area contributed by atoms with Gasteiger partial charge < -0.3 is 10.2 Å². The molecule has 5 nitrogen and oxygen atoms in total. The number of para-hydroxylation sites is 1. The lowest BCUT2D eigenvalue weighted by molar-refractivity contribution is 0.795. The van der Waals surface area contributed by atoms with Crippen LogP contribution in [-0.2, 0) is 0 Å². The van der Waals surface area contributed by atoms with Crippen LogP contribution in [0.15, 0.2) is 24.4 Å². The van der Waals surface area contributed by atoms with Crippen LogP contribution in [-0.4, -0.2) is 28.3 Å². The van der Waals surface area contributed by atoms with Gasteiger partial charge in [0.2, 0.25) is 5.95 Å². The molecule has 0 radical (unpaired) electrons. The molecule has 0 saturated carbocycles. The van der Waals surface area contributed by atoms with Crippen LogP contribution in [0.1, 0.15) is 64.5 Å². The molecule has 1 heterocycles. The third-order valence-corrected chi connectivity index (χ3v) is 4.22. The molecule has 2 rings (SSSR count). The van der Waals surface area contributed by atoms with Crippen molar-refractivity contribution in [3.05, 3.63) is 35.5 Å². The van der Waals surface area contributed by atoms with Gasteiger partial charge in [0.15, 0.2) is 5.82 Å². The molecule has 1 N–H and O–H groups in total. The van der Waals surface area contributed by atoms with Gasteiger partial charge in [-0.2, -0.15) is 10.1 Å². The number of rotatable bonds is 7. The van der Waals surface area contributed by atoms with Gasteiger partial charge in [-0.25, -0.2) is 0 Å². The van der Waals surface area contributed by atoms with E-state index < -0.39 is 0 Å². The highest BCUT2D eigenvalue weighted by Gasteiger charge is 2.15. The molecule has 0 unspecified atom stereocenters. The molecule has 0 aliphatic rings. The monoisotopic (exact) mass is 327 g/mol. The first-order valence-electron chi connectivity index (χ1n) is 8.82. The predicted octanol–water partition coefficient (Wildman–Crippen LogP) is 4.71. The zero-order valence-electron chi connectivity index (χ0n) is 15.7. The van der Waals surface area contributed by atoms with Crippen LogP contribution in [0.3, 0.4) is 0 Å². The smallest absolute Gasteiger partial charge is 0.247 e. The minimum absolute atomic E-state index is 0.434. The maximum absolute atomic E-state index is 4.65. The van der Waals surface area contributed by atoms with Crippen LogP contribution >= 0.6 is 0 Å². The molecular formula is C19H29N5. The SMILES string of the molecule is CCN(CC)c1nncc(Nc2c(C(C)C)cccc2C(C)C)n1. The van der Waals surface area contributed by atoms with Crippen molar-refractivity contribution in [3.63, 3.8) is 0 Å². The number of anilines is 3. The largest absolute Gasteiger partial charge is 0.340 e. The van der Waals surface area contributed by atoms with Crippen LogP contribution in [0.2, 0.25) is 0 Å². The molecule has 1 aromatic carbocycles. The summed E-state index contributed by atoms with van der Waals surface area (Å²) in [5.41, 5.74) is 3.74. The molecule has 2 aromatic rings. The van der Waals surface area contributed by atoms with Crippen molar-refractivity contribution in [2.75, 3.05) is 23.3 Å². The van der Waals surface area contributed by atoms with Crippen molar-refractivity contribution in [2.45, 2.75) is 53.4 Å². The highest BCUT2D eigenvalue weighted by Crippen LogP contribution is 2.34. The lowest BCUT2D eigenvalue weighted by Gasteiger charge is -2.21. The summed E-state index contributed by atoms with van der Waals surface area (Å²) in [4.78, 5) is 6.75.